The predicted octanol–water partition coefficient (Wildman–Crippen LogP) is 3.60. The highest BCUT2D eigenvalue weighted by molar-refractivity contribution is 7.99. The van der Waals surface area contributed by atoms with Crippen LogP contribution in [0.3, 0.4) is 0 Å². The molecule has 2 heteroatoms. The lowest BCUT2D eigenvalue weighted by Gasteiger charge is -2.10. The third-order valence-corrected chi connectivity index (χ3v) is 3.14. The summed E-state index contributed by atoms with van der Waals surface area (Å²) in [4.78, 5) is 1.33. The third kappa shape index (κ3) is 3.35. The van der Waals surface area contributed by atoms with Crippen molar-refractivity contribution in [2.45, 2.75) is 43.4 Å². The van der Waals surface area contributed by atoms with E-state index in [2.05, 4.69) is 45.0 Å². The zero-order valence-corrected chi connectivity index (χ0v) is 9.97. The molecule has 1 aromatic rings. The number of rotatable bonds is 4. The van der Waals surface area contributed by atoms with Crippen molar-refractivity contribution < 1.29 is 0 Å². The minimum atomic E-state index is 0.188. The van der Waals surface area contributed by atoms with Gasteiger partial charge in [0.25, 0.3) is 0 Å². The van der Waals surface area contributed by atoms with Crippen molar-refractivity contribution in [3.8, 4) is 0 Å². The summed E-state index contributed by atoms with van der Waals surface area (Å²) in [5, 5.41) is 0.640. The fourth-order valence-corrected chi connectivity index (χ4v) is 2.14. The highest BCUT2D eigenvalue weighted by Crippen LogP contribution is 2.24. The standard InChI is InChI=1S/C12H19NS/c1-4-12(13)10-5-7-11(8-6-10)14-9(2)3/h5-9,12H,4,13H2,1-3H3/t12-/m0/s1. The lowest BCUT2D eigenvalue weighted by molar-refractivity contribution is 0.698. The first-order valence-corrected chi connectivity index (χ1v) is 6.03. The molecule has 0 unspecified atom stereocenters. The van der Waals surface area contributed by atoms with Gasteiger partial charge in [-0.05, 0) is 24.1 Å². The highest BCUT2D eigenvalue weighted by Gasteiger charge is 2.03. The Balaban J connectivity index is 2.68. The summed E-state index contributed by atoms with van der Waals surface area (Å²) in [6.45, 7) is 6.52. The van der Waals surface area contributed by atoms with Crippen LogP contribution >= 0.6 is 11.8 Å². The van der Waals surface area contributed by atoms with Gasteiger partial charge in [-0.2, -0.15) is 0 Å². The lowest BCUT2D eigenvalue weighted by Crippen LogP contribution is -2.08. The maximum absolute atomic E-state index is 5.94. The second-order valence-electron chi connectivity index (χ2n) is 3.75. The van der Waals surface area contributed by atoms with E-state index in [0.29, 0.717) is 5.25 Å². The number of thioether (sulfide) groups is 1. The maximum atomic E-state index is 5.94. The second-order valence-corrected chi connectivity index (χ2v) is 5.40. The first-order valence-electron chi connectivity index (χ1n) is 5.15. The molecule has 0 bridgehead atoms. The Labute approximate surface area is 91.1 Å². The first-order chi connectivity index (χ1) is 6.63. The largest absolute Gasteiger partial charge is 0.324 e. The van der Waals surface area contributed by atoms with E-state index in [0.717, 1.165) is 6.42 Å². The van der Waals surface area contributed by atoms with E-state index in [4.69, 9.17) is 5.73 Å². The van der Waals surface area contributed by atoms with Crippen molar-refractivity contribution in [1.82, 2.24) is 0 Å². The van der Waals surface area contributed by atoms with Crippen LogP contribution < -0.4 is 5.73 Å². The quantitative estimate of drug-likeness (QED) is 0.767. The Morgan fingerprint density at radius 1 is 1.21 bits per heavy atom. The van der Waals surface area contributed by atoms with Crippen LogP contribution in [0.1, 0.15) is 38.8 Å². The van der Waals surface area contributed by atoms with Crippen LogP contribution in [0.2, 0.25) is 0 Å². The van der Waals surface area contributed by atoms with Gasteiger partial charge in [-0.15, -0.1) is 11.8 Å². The van der Waals surface area contributed by atoms with Gasteiger partial charge in [0.15, 0.2) is 0 Å². The SMILES string of the molecule is CC[C@H](N)c1ccc(SC(C)C)cc1. The van der Waals surface area contributed by atoms with Gasteiger partial charge in [-0.25, -0.2) is 0 Å². The third-order valence-electron chi connectivity index (χ3n) is 2.12. The molecule has 0 aliphatic rings. The molecule has 0 radical (unpaired) electrons. The molecule has 0 aliphatic carbocycles. The highest BCUT2D eigenvalue weighted by atomic mass is 32.2. The summed E-state index contributed by atoms with van der Waals surface area (Å²) < 4.78 is 0. The summed E-state index contributed by atoms with van der Waals surface area (Å²) >= 11 is 1.89. The van der Waals surface area contributed by atoms with Gasteiger partial charge in [-0.3, -0.25) is 0 Å². The zero-order chi connectivity index (χ0) is 10.6. The molecule has 2 N–H and O–H groups in total. The molecule has 78 valence electrons. The van der Waals surface area contributed by atoms with Gasteiger partial charge >= 0.3 is 0 Å². The van der Waals surface area contributed by atoms with Crippen molar-refractivity contribution in [2.75, 3.05) is 0 Å². The Kier molecular flexibility index (Phi) is 4.49. The first kappa shape index (κ1) is 11.6. The van der Waals surface area contributed by atoms with Crippen molar-refractivity contribution in [3.63, 3.8) is 0 Å². The lowest BCUT2D eigenvalue weighted by atomic mass is 10.1. The molecule has 0 heterocycles. The second kappa shape index (κ2) is 5.42. The molecule has 1 atom stereocenters. The van der Waals surface area contributed by atoms with Gasteiger partial charge in [0.2, 0.25) is 0 Å². The minimum Gasteiger partial charge on any atom is -0.324 e. The molecule has 0 saturated heterocycles. The summed E-state index contributed by atoms with van der Waals surface area (Å²) in [6, 6.07) is 8.79. The Bertz CT molecular complexity index is 266. The van der Waals surface area contributed by atoms with E-state index in [-0.39, 0.29) is 6.04 Å². The van der Waals surface area contributed by atoms with Crippen LogP contribution in [0.5, 0.6) is 0 Å². The maximum Gasteiger partial charge on any atom is 0.0292 e. The molecule has 0 spiro atoms. The molecule has 0 saturated carbocycles. The van der Waals surface area contributed by atoms with E-state index < -0.39 is 0 Å². The smallest absolute Gasteiger partial charge is 0.0292 e. The van der Waals surface area contributed by atoms with Crippen molar-refractivity contribution in [1.29, 1.82) is 0 Å². The Morgan fingerprint density at radius 2 is 1.79 bits per heavy atom. The number of hydrogen-bond acceptors (Lipinski definition) is 2. The fraction of sp³-hybridized carbons (Fsp3) is 0.500. The number of hydrogen-bond donors (Lipinski definition) is 1. The van der Waals surface area contributed by atoms with Crippen LogP contribution in [0.25, 0.3) is 0 Å². The summed E-state index contributed by atoms with van der Waals surface area (Å²) in [7, 11) is 0. The topological polar surface area (TPSA) is 26.0 Å². The fourth-order valence-electron chi connectivity index (χ4n) is 1.30. The van der Waals surface area contributed by atoms with Gasteiger partial charge in [0.05, 0.1) is 0 Å². The Hall–Kier alpha value is -0.470. The molecular weight excluding hydrogens is 190 g/mol. The monoisotopic (exact) mass is 209 g/mol. The average molecular weight is 209 g/mol. The molecule has 1 rings (SSSR count). The number of nitrogens with two attached hydrogens (primary N) is 1. The van der Waals surface area contributed by atoms with Crippen LogP contribution in [0.15, 0.2) is 29.2 Å². The summed E-state index contributed by atoms with van der Waals surface area (Å²) in [5.41, 5.74) is 7.18. The molecule has 0 aromatic heterocycles. The van der Waals surface area contributed by atoms with Gasteiger partial charge < -0.3 is 5.73 Å². The van der Waals surface area contributed by atoms with E-state index in [9.17, 15) is 0 Å². The predicted molar refractivity (Wildman–Crippen MR) is 64.7 cm³/mol. The van der Waals surface area contributed by atoms with Crippen molar-refractivity contribution in [3.05, 3.63) is 29.8 Å². The average Bonchev–Trinajstić information content (AvgIpc) is 2.17. The van der Waals surface area contributed by atoms with Crippen LogP contribution in [0, 0.1) is 0 Å². The van der Waals surface area contributed by atoms with Crippen molar-refractivity contribution in [2.24, 2.45) is 5.73 Å². The summed E-state index contributed by atoms with van der Waals surface area (Å²) in [6.07, 6.45) is 0.997. The molecule has 14 heavy (non-hydrogen) atoms. The van der Waals surface area contributed by atoms with E-state index in [1.807, 2.05) is 11.8 Å². The van der Waals surface area contributed by atoms with E-state index in [1.165, 1.54) is 10.5 Å². The van der Waals surface area contributed by atoms with Gasteiger partial charge in [0, 0.05) is 16.2 Å². The van der Waals surface area contributed by atoms with Gasteiger partial charge in [-0.1, -0.05) is 32.9 Å². The zero-order valence-electron chi connectivity index (χ0n) is 9.16. The van der Waals surface area contributed by atoms with E-state index in [1.54, 1.807) is 0 Å². The van der Waals surface area contributed by atoms with Crippen LogP contribution in [0.4, 0.5) is 0 Å². The van der Waals surface area contributed by atoms with Gasteiger partial charge in [0.1, 0.15) is 0 Å². The Morgan fingerprint density at radius 3 is 2.21 bits per heavy atom. The molecule has 0 fully saturated rings. The van der Waals surface area contributed by atoms with E-state index >= 15 is 0 Å². The minimum absolute atomic E-state index is 0.188. The molecule has 1 nitrogen and oxygen atoms in total. The van der Waals surface area contributed by atoms with Crippen molar-refractivity contribution >= 4 is 11.8 Å². The van der Waals surface area contributed by atoms with Crippen LogP contribution in [-0.2, 0) is 0 Å². The summed E-state index contributed by atoms with van der Waals surface area (Å²) in [5.74, 6) is 0. The number of benzene rings is 1. The normalized spacial score (nSPS) is 13.2. The molecule has 0 amide bonds. The molecule has 0 aliphatic heterocycles. The molecular formula is C12H19NS. The van der Waals surface area contributed by atoms with Crippen LogP contribution in [-0.4, -0.2) is 5.25 Å². The molecule has 1 aromatic carbocycles.